The van der Waals surface area contributed by atoms with Gasteiger partial charge in [0.25, 0.3) is 5.91 Å². The first-order chi connectivity index (χ1) is 16.5. The Kier molecular flexibility index (Phi) is 6.18. The van der Waals surface area contributed by atoms with E-state index in [1.807, 2.05) is 18.2 Å². The van der Waals surface area contributed by atoms with Crippen LogP contribution in [0.5, 0.6) is 0 Å². The minimum absolute atomic E-state index is 0.105. The first-order valence-electron chi connectivity index (χ1n) is 11.2. The Hall–Kier alpha value is -3.85. The second-order valence-electron chi connectivity index (χ2n) is 8.43. The van der Waals surface area contributed by atoms with E-state index in [0.717, 1.165) is 43.6 Å². The Morgan fingerprint density at radius 2 is 1.94 bits per heavy atom. The minimum Gasteiger partial charge on any atom is -0.349 e. The zero-order chi connectivity index (χ0) is 23.5. The molecule has 1 saturated heterocycles. The topological polar surface area (TPSA) is 94.7 Å². The molecule has 0 atom stereocenters. The Labute approximate surface area is 195 Å². The predicted molar refractivity (Wildman–Crippen MR) is 126 cm³/mol. The fourth-order valence-corrected chi connectivity index (χ4v) is 4.15. The van der Waals surface area contributed by atoms with Crippen LogP contribution in [0.1, 0.15) is 34.3 Å². The average molecular weight is 463 g/mol. The van der Waals surface area contributed by atoms with Crippen LogP contribution in [0.4, 0.5) is 20.3 Å². The highest BCUT2D eigenvalue weighted by Gasteiger charge is 2.17. The van der Waals surface area contributed by atoms with Gasteiger partial charge in [-0.1, -0.05) is 6.07 Å². The summed E-state index contributed by atoms with van der Waals surface area (Å²) < 4.78 is 27.6. The lowest BCUT2D eigenvalue weighted by molar-refractivity contribution is 0.0929. The number of benzene rings is 2. The number of rotatable bonds is 6. The van der Waals surface area contributed by atoms with Gasteiger partial charge in [-0.05, 0) is 79.5 Å². The molecule has 7 nitrogen and oxygen atoms in total. The third-order valence-corrected chi connectivity index (χ3v) is 5.94. The van der Waals surface area contributed by atoms with Crippen LogP contribution in [0.2, 0.25) is 0 Å². The molecule has 1 aliphatic rings. The molecule has 1 amide bonds. The third kappa shape index (κ3) is 4.89. The van der Waals surface area contributed by atoms with Crippen molar-refractivity contribution >= 4 is 28.4 Å². The van der Waals surface area contributed by atoms with E-state index < -0.39 is 11.6 Å². The van der Waals surface area contributed by atoms with Crippen LogP contribution in [0.3, 0.4) is 0 Å². The van der Waals surface area contributed by atoms with Crippen LogP contribution in [0, 0.1) is 11.6 Å². The number of fused-ring (bicyclic) bond motifs is 1. The molecule has 0 aliphatic carbocycles. The molecule has 2 aromatic carbocycles. The van der Waals surface area contributed by atoms with Crippen molar-refractivity contribution in [2.75, 3.05) is 18.4 Å². The average Bonchev–Trinajstić information content (AvgIpc) is 3.24. The van der Waals surface area contributed by atoms with E-state index >= 15 is 0 Å². The number of carbonyl (C=O) groups excluding carboxylic acids is 1. The zero-order valence-electron chi connectivity index (χ0n) is 18.4. The molecule has 0 bridgehead atoms. The van der Waals surface area contributed by atoms with Gasteiger partial charge in [0.15, 0.2) is 5.65 Å². The maximum absolute atomic E-state index is 14.1. The van der Waals surface area contributed by atoms with Gasteiger partial charge >= 0.3 is 0 Å². The molecule has 9 heteroatoms. The number of aromatic amines is 1. The summed E-state index contributed by atoms with van der Waals surface area (Å²) in [6.45, 7) is 1.81. The largest absolute Gasteiger partial charge is 0.349 e. The molecule has 4 N–H and O–H groups in total. The van der Waals surface area contributed by atoms with Crippen molar-refractivity contribution in [3.63, 3.8) is 0 Å². The lowest BCUT2D eigenvalue weighted by Crippen LogP contribution is -2.42. The number of amides is 1. The summed E-state index contributed by atoms with van der Waals surface area (Å²) in [7, 11) is 0. The van der Waals surface area contributed by atoms with Crippen molar-refractivity contribution in [3.05, 3.63) is 83.1 Å². The van der Waals surface area contributed by atoms with Crippen LogP contribution in [-0.2, 0) is 6.42 Å². The van der Waals surface area contributed by atoms with Gasteiger partial charge in [0, 0.05) is 29.9 Å². The summed E-state index contributed by atoms with van der Waals surface area (Å²) in [4.78, 5) is 17.0. The van der Waals surface area contributed by atoms with E-state index in [1.165, 1.54) is 6.07 Å². The van der Waals surface area contributed by atoms with Crippen molar-refractivity contribution < 1.29 is 13.6 Å². The first-order valence-corrected chi connectivity index (χ1v) is 11.2. The number of nitrogens with zero attached hydrogens (tertiary/aromatic N) is 2. The molecule has 3 heterocycles. The molecule has 34 heavy (non-hydrogen) atoms. The maximum Gasteiger partial charge on any atom is 0.251 e. The van der Waals surface area contributed by atoms with E-state index in [2.05, 4.69) is 31.1 Å². The molecule has 1 aliphatic heterocycles. The van der Waals surface area contributed by atoms with Crippen LogP contribution >= 0.6 is 0 Å². The fourth-order valence-electron chi connectivity index (χ4n) is 4.15. The van der Waals surface area contributed by atoms with E-state index in [0.29, 0.717) is 28.1 Å². The van der Waals surface area contributed by atoms with E-state index in [1.54, 1.807) is 18.3 Å². The summed E-state index contributed by atoms with van der Waals surface area (Å²) in [6, 6.07) is 12.6. The number of carbonyl (C=O) groups is 1. The monoisotopic (exact) mass is 462 g/mol. The smallest absolute Gasteiger partial charge is 0.251 e. The number of aromatic nitrogens is 3. The number of nitrogens with one attached hydrogen (secondary N) is 4. The normalized spacial score (nSPS) is 14.3. The maximum atomic E-state index is 14.1. The quantitative estimate of drug-likeness (QED) is 0.347. The SMILES string of the molecule is O=C(NC1CCNCC1)c1cccc(Nc2[nH]nc3ncc(Cc4cc(F)ccc4F)cc23)c1. The van der Waals surface area contributed by atoms with Gasteiger partial charge in [-0.25, -0.2) is 13.8 Å². The molecule has 5 rings (SSSR count). The number of piperidine rings is 1. The summed E-state index contributed by atoms with van der Waals surface area (Å²) in [5, 5.41) is 17.5. The van der Waals surface area contributed by atoms with Crippen molar-refractivity contribution in [2.45, 2.75) is 25.3 Å². The Morgan fingerprint density at radius 3 is 2.79 bits per heavy atom. The number of hydrogen-bond donors (Lipinski definition) is 4. The Balaban J connectivity index is 1.34. The van der Waals surface area contributed by atoms with Crippen molar-refractivity contribution in [1.29, 1.82) is 0 Å². The molecule has 174 valence electrons. The summed E-state index contributed by atoms with van der Waals surface area (Å²) in [5.41, 5.74) is 2.74. The molecule has 4 aromatic rings. The van der Waals surface area contributed by atoms with Gasteiger partial charge < -0.3 is 16.0 Å². The molecule has 0 unspecified atom stereocenters. The molecule has 0 saturated carbocycles. The van der Waals surface area contributed by atoms with Gasteiger partial charge in [-0.2, -0.15) is 5.10 Å². The van der Waals surface area contributed by atoms with Crippen LogP contribution in [0.25, 0.3) is 11.0 Å². The standard InChI is InChI=1S/C25H24F2N6O/c26-18-4-5-22(27)17(12-18)10-15-11-21-23(29-14-15)32-33-24(21)30-20-3-1-2-16(13-20)25(34)31-19-6-8-28-9-7-19/h1-5,11-14,19,28H,6-10H2,(H,31,34)(H2,29,30,32,33). The Bertz CT molecular complexity index is 1330. The Morgan fingerprint density at radius 1 is 1.09 bits per heavy atom. The molecule has 2 aromatic heterocycles. The van der Waals surface area contributed by atoms with Gasteiger partial charge in [0.05, 0.1) is 5.39 Å². The molecule has 0 spiro atoms. The fraction of sp³-hybridized carbons (Fsp3) is 0.240. The van der Waals surface area contributed by atoms with E-state index in [9.17, 15) is 13.6 Å². The highest BCUT2D eigenvalue weighted by atomic mass is 19.1. The second-order valence-corrected chi connectivity index (χ2v) is 8.43. The molecular formula is C25H24F2N6O. The zero-order valence-corrected chi connectivity index (χ0v) is 18.4. The predicted octanol–water partition coefficient (Wildman–Crippen LogP) is 4.05. The lowest BCUT2D eigenvalue weighted by Gasteiger charge is -2.23. The van der Waals surface area contributed by atoms with Crippen LogP contribution < -0.4 is 16.0 Å². The van der Waals surface area contributed by atoms with Crippen molar-refractivity contribution in [3.8, 4) is 0 Å². The highest BCUT2D eigenvalue weighted by molar-refractivity contribution is 5.96. The van der Waals surface area contributed by atoms with E-state index in [-0.39, 0.29) is 23.9 Å². The second kappa shape index (κ2) is 9.56. The number of hydrogen-bond acceptors (Lipinski definition) is 5. The third-order valence-electron chi connectivity index (χ3n) is 5.94. The summed E-state index contributed by atoms with van der Waals surface area (Å²) in [5.74, 6) is -0.460. The molecule has 0 radical (unpaired) electrons. The lowest BCUT2D eigenvalue weighted by atomic mass is 10.0. The van der Waals surface area contributed by atoms with E-state index in [4.69, 9.17) is 0 Å². The summed E-state index contributed by atoms with van der Waals surface area (Å²) >= 11 is 0. The number of H-pyrrole nitrogens is 1. The van der Waals surface area contributed by atoms with Gasteiger partial charge in [-0.3, -0.25) is 9.89 Å². The van der Waals surface area contributed by atoms with Gasteiger partial charge in [0.2, 0.25) is 0 Å². The highest BCUT2D eigenvalue weighted by Crippen LogP contribution is 2.25. The van der Waals surface area contributed by atoms with Crippen LogP contribution in [-0.4, -0.2) is 40.2 Å². The first kappa shape index (κ1) is 22.0. The number of anilines is 2. The molecule has 1 fully saturated rings. The number of halogens is 2. The van der Waals surface area contributed by atoms with Crippen molar-refractivity contribution in [2.24, 2.45) is 0 Å². The van der Waals surface area contributed by atoms with Gasteiger partial charge in [-0.15, -0.1) is 0 Å². The van der Waals surface area contributed by atoms with Crippen LogP contribution in [0.15, 0.2) is 54.7 Å². The number of pyridine rings is 1. The van der Waals surface area contributed by atoms with Crippen molar-refractivity contribution in [1.82, 2.24) is 25.8 Å². The minimum atomic E-state index is -0.486. The van der Waals surface area contributed by atoms with Gasteiger partial charge in [0.1, 0.15) is 17.5 Å². The molecular weight excluding hydrogens is 438 g/mol. The summed E-state index contributed by atoms with van der Waals surface area (Å²) in [6.07, 6.45) is 3.63.